The van der Waals surface area contributed by atoms with Gasteiger partial charge in [0.2, 0.25) is 0 Å². The third-order valence-electron chi connectivity index (χ3n) is 3.31. The van der Waals surface area contributed by atoms with Crippen molar-refractivity contribution >= 4 is 6.21 Å². The maximum absolute atomic E-state index is 12.6. The topological polar surface area (TPSA) is 47.6 Å². The Hall–Kier alpha value is -1.06. The number of nitrogens with zero attached hydrogens (tertiary/aromatic N) is 1. The molecule has 0 saturated heterocycles. The van der Waals surface area contributed by atoms with Gasteiger partial charge in [-0.05, 0) is 25.7 Å². The van der Waals surface area contributed by atoms with Crippen LogP contribution in [0, 0.1) is 11.3 Å². The Kier molecular flexibility index (Phi) is 4.97. The van der Waals surface area contributed by atoms with Gasteiger partial charge in [0.15, 0.2) is 5.88 Å². The van der Waals surface area contributed by atoms with Crippen molar-refractivity contribution in [1.29, 1.82) is 0 Å². The van der Waals surface area contributed by atoms with E-state index in [4.69, 9.17) is 10.5 Å². The zero-order valence-corrected chi connectivity index (χ0v) is 10.9. The molecule has 17 heavy (non-hydrogen) atoms. The van der Waals surface area contributed by atoms with E-state index in [0.29, 0.717) is 18.4 Å². The van der Waals surface area contributed by atoms with E-state index < -0.39 is 0 Å². The summed E-state index contributed by atoms with van der Waals surface area (Å²) in [4.78, 5) is 4.31. The summed E-state index contributed by atoms with van der Waals surface area (Å²) >= 11 is 0. The molecule has 0 aromatic heterocycles. The van der Waals surface area contributed by atoms with Gasteiger partial charge in [0, 0.05) is 23.7 Å². The van der Waals surface area contributed by atoms with Gasteiger partial charge in [-0.15, -0.1) is 0 Å². The van der Waals surface area contributed by atoms with Gasteiger partial charge in [0.1, 0.15) is 0 Å². The highest BCUT2D eigenvalue weighted by atomic mass is 19.1. The van der Waals surface area contributed by atoms with Crippen LogP contribution in [0.3, 0.4) is 0 Å². The van der Waals surface area contributed by atoms with E-state index in [9.17, 15) is 4.39 Å². The van der Waals surface area contributed by atoms with E-state index in [0.717, 1.165) is 12.8 Å². The van der Waals surface area contributed by atoms with Crippen molar-refractivity contribution in [1.82, 2.24) is 0 Å². The predicted molar refractivity (Wildman–Crippen MR) is 68.7 cm³/mol. The molecule has 1 aliphatic carbocycles. The third kappa shape index (κ3) is 4.75. The molecule has 98 valence electrons. The van der Waals surface area contributed by atoms with Crippen molar-refractivity contribution < 1.29 is 9.13 Å². The zero-order chi connectivity index (χ0) is 12.9. The van der Waals surface area contributed by atoms with Gasteiger partial charge >= 0.3 is 0 Å². The molecule has 1 saturated carbocycles. The smallest absolute Gasteiger partial charge is 0.185 e. The van der Waals surface area contributed by atoms with Crippen LogP contribution in [0.1, 0.15) is 33.6 Å². The van der Waals surface area contributed by atoms with E-state index in [1.165, 1.54) is 0 Å². The summed E-state index contributed by atoms with van der Waals surface area (Å²) in [6.45, 7) is 6.33. The molecule has 0 bridgehead atoms. The number of nitrogens with two attached hydrogens (primary N) is 1. The van der Waals surface area contributed by atoms with Crippen LogP contribution >= 0.6 is 0 Å². The Morgan fingerprint density at radius 1 is 1.47 bits per heavy atom. The number of allylic oxidation sites excluding steroid dienone is 1. The molecule has 1 rings (SSSR count). The van der Waals surface area contributed by atoms with Crippen molar-refractivity contribution in [3.63, 3.8) is 0 Å². The van der Waals surface area contributed by atoms with E-state index in [1.54, 1.807) is 12.3 Å². The van der Waals surface area contributed by atoms with Gasteiger partial charge in [-0.3, -0.25) is 9.38 Å². The lowest BCUT2D eigenvalue weighted by Crippen LogP contribution is -2.15. The standard InChI is InChI=1S/C13H23FN2O/c1-10(2)11(3)16-7-4-12(15)17-9-13(8-14)5-6-13/h4,7,10-11H,5-6,8-9,15H2,1-3H3/t11-/m1/s1. The molecule has 1 aliphatic rings. The van der Waals surface area contributed by atoms with Crippen LogP contribution in [0.25, 0.3) is 0 Å². The Morgan fingerprint density at radius 2 is 2.12 bits per heavy atom. The molecule has 3 nitrogen and oxygen atoms in total. The highest BCUT2D eigenvalue weighted by Gasteiger charge is 2.43. The summed E-state index contributed by atoms with van der Waals surface area (Å²) in [5.41, 5.74) is 5.40. The van der Waals surface area contributed by atoms with Gasteiger partial charge in [0.25, 0.3) is 0 Å². The molecule has 0 aliphatic heterocycles. The van der Waals surface area contributed by atoms with Gasteiger partial charge in [0.05, 0.1) is 13.3 Å². The Labute approximate surface area is 103 Å². The average Bonchev–Trinajstić information content (AvgIpc) is 3.07. The molecule has 0 spiro atoms. The fourth-order valence-corrected chi connectivity index (χ4v) is 1.20. The first-order valence-corrected chi connectivity index (χ1v) is 6.17. The van der Waals surface area contributed by atoms with Gasteiger partial charge < -0.3 is 10.5 Å². The second-order valence-corrected chi connectivity index (χ2v) is 5.27. The van der Waals surface area contributed by atoms with E-state index >= 15 is 0 Å². The molecule has 0 amide bonds. The predicted octanol–water partition coefficient (Wildman–Crippen LogP) is 2.67. The molecule has 0 radical (unpaired) electrons. The van der Waals surface area contributed by atoms with Crippen molar-refractivity contribution in [2.75, 3.05) is 13.3 Å². The Balaban J connectivity index is 2.29. The number of alkyl halides is 1. The number of rotatable bonds is 7. The van der Waals surface area contributed by atoms with Gasteiger partial charge in [-0.2, -0.15) is 0 Å². The number of halogens is 1. The van der Waals surface area contributed by atoms with Crippen molar-refractivity contribution in [3.05, 3.63) is 12.0 Å². The van der Waals surface area contributed by atoms with Crippen LogP contribution in [0.4, 0.5) is 4.39 Å². The summed E-state index contributed by atoms with van der Waals surface area (Å²) in [5.74, 6) is 0.812. The normalized spacial score (nSPS) is 20.9. The van der Waals surface area contributed by atoms with Crippen LogP contribution in [0.2, 0.25) is 0 Å². The van der Waals surface area contributed by atoms with E-state index in [1.807, 2.05) is 6.92 Å². The highest BCUT2D eigenvalue weighted by Crippen LogP contribution is 2.46. The summed E-state index contributed by atoms with van der Waals surface area (Å²) in [7, 11) is 0. The van der Waals surface area contributed by atoms with E-state index in [2.05, 4.69) is 18.8 Å². The molecule has 0 aromatic rings. The summed E-state index contributed by atoms with van der Waals surface area (Å²) in [6, 6.07) is 0.264. The number of hydrogen-bond acceptors (Lipinski definition) is 3. The maximum Gasteiger partial charge on any atom is 0.185 e. The number of aliphatic imine (C=N–C) groups is 1. The monoisotopic (exact) mass is 242 g/mol. The zero-order valence-electron chi connectivity index (χ0n) is 10.9. The summed E-state index contributed by atoms with van der Waals surface area (Å²) in [6.07, 6.45) is 5.09. The SMILES string of the molecule is CC(C)[C@@H](C)N=CC=C(N)OCC1(CF)CC1. The lowest BCUT2D eigenvalue weighted by Gasteiger charge is -2.12. The number of hydrogen-bond donors (Lipinski definition) is 1. The second-order valence-electron chi connectivity index (χ2n) is 5.27. The molecule has 1 fully saturated rings. The summed E-state index contributed by atoms with van der Waals surface area (Å²) in [5, 5.41) is 0. The van der Waals surface area contributed by atoms with Gasteiger partial charge in [-0.1, -0.05) is 13.8 Å². The number of ether oxygens (including phenoxy) is 1. The highest BCUT2D eigenvalue weighted by molar-refractivity contribution is 5.71. The van der Waals surface area contributed by atoms with Crippen molar-refractivity contribution in [3.8, 4) is 0 Å². The lowest BCUT2D eigenvalue weighted by atomic mass is 10.1. The maximum atomic E-state index is 12.6. The van der Waals surface area contributed by atoms with Crippen LogP contribution in [-0.2, 0) is 4.74 Å². The molecule has 0 heterocycles. The van der Waals surface area contributed by atoms with E-state index in [-0.39, 0.29) is 18.1 Å². The van der Waals surface area contributed by atoms with Gasteiger partial charge in [-0.25, -0.2) is 0 Å². The molecule has 2 N–H and O–H groups in total. The molecule has 0 unspecified atom stereocenters. The second kappa shape index (κ2) is 6.03. The molecular formula is C13H23FN2O. The first kappa shape index (κ1) is 14.0. The molecule has 0 aromatic carbocycles. The van der Waals surface area contributed by atoms with Crippen LogP contribution in [0.5, 0.6) is 0 Å². The molecule has 1 atom stereocenters. The minimum Gasteiger partial charge on any atom is -0.479 e. The average molecular weight is 242 g/mol. The fourth-order valence-electron chi connectivity index (χ4n) is 1.20. The summed E-state index contributed by atoms with van der Waals surface area (Å²) < 4.78 is 17.9. The van der Waals surface area contributed by atoms with Crippen LogP contribution in [0.15, 0.2) is 17.0 Å². The third-order valence-corrected chi connectivity index (χ3v) is 3.31. The molecule has 4 heteroatoms. The minimum absolute atomic E-state index is 0.249. The van der Waals surface area contributed by atoms with Crippen LogP contribution < -0.4 is 5.73 Å². The van der Waals surface area contributed by atoms with Crippen molar-refractivity contribution in [2.24, 2.45) is 22.1 Å². The fraction of sp³-hybridized carbons (Fsp3) is 0.769. The molecular weight excluding hydrogens is 219 g/mol. The Morgan fingerprint density at radius 3 is 2.59 bits per heavy atom. The first-order valence-electron chi connectivity index (χ1n) is 6.17. The lowest BCUT2D eigenvalue weighted by molar-refractivity contribution is 0.133. The quantitative estimate of drug-likeness (QED) is 0.551. The minimum atomic E-state index is -0.321. The largest absolute Gasteiger partial charge is 0.479 e. The first-order chi connectivity index (χ1) is 7.99. The Bertz CT molecular complexity index is 296. The van der Waals surface area contributed by atoms with Crippen molar-refractivity contribution in [2.45, 2.75) is 39.7 Å². The van der Waals surface area contributed by atoms with Crippen LogP contribution in [-0.4, -0.2) is 25.5 Å².